The number of rotatable bonds is 3. The molecule has 5 nitrogen and oxygen atoms in total. The molecule has 0 atom stereocenters. The molecule has 0 radical (unpaired) electrons. The maximum absolute atomic E-state index is 11.3. The van der Waals surface area contributed by atoms with Gasteiger partial charge in [0.1, 0.15) is 5.54 Å². The van der Waals surface area contributed by atoms with Crippen LogP contribution in [0.5, 0.6) is 0 Å². The molecular formula is C11H15N3O2. The molecule has 0 unspecified atom stereocenters. The van der Waals surface area contributed by atoms with E-state index in [0.717, 1.165) is 18.4 Å². The summed E-state index contributed by atoms with van der Waals surface area (Å²) in [4.78, 5) is 19.4. The first-order valence-electron chi connectivity index (χ1n) is 5.43. The Morgan fingerprint density at radius 2 is 1.94 bits per heavy atom. The van der Waals surface area contributed by atoms with Crippen molar-refractivity contribution >= 4 is 11.9 Å². The third-order valence-electron chi connectivity index (χ3n) is 3.00. The van der Waals surface area contributed by atoms with Gasteiger partial charge in [0.05, 0.1) is 0 Å². The number of aryl methyl sites for hydroxylation is 1. The van der Waals surface area contributed by atoms with Gasteiger partial charge in [0.2, 0.25) is 5.95 Å². The predicted molar refractivity (Wildman–Crippen MR) is 59.2 cm³/mol. The first kappa shape index (κ1) is 10.9. The summed E-state index contributed by atoms with van der Waals surface area (Å²) in [5, 5.41) is 12.2. The highest BCUT2D eigenvalue weighted by Crippen LogP contribution is 2.32. The first-order valence-corrected chi connectivity index (χ1v) is 5.43. The molecule has 2 N–H and O–H groups in total. The van der Waals surface area contributed by atoms with Crippen LogP contribution in [0.25, 0.3) is 0 Å². The summed E-state index contributed by atoms with van der Waals surface area (Å²) in [7, 11) is 0. The average molecular weight is 221 g/mol. The molecule has 0 aliphatic heterocycles. The fourth-order valence-corrected chi connectivity index (χ4v) is 2.04. The molecule has 2 rings (SSSR count). The van der Waals surface area contributed by atoms with E-state index in [0.29, 0.717) is 18.8 Å². The van der Waals surface area contributed by atoms with Gasteiger partial charge in [0.25, 0.3) is 0 Å². The van der Waals surface area contributed by atoms with Gasteiger partial charge < -0.3 is 10.4 Å². The highest BCUT2D eigenvalue weighted by Gasteiger charge is 2.41. The number of anilines is 1. The smallest absolute Gasteiger partial charge is 0.329 e. The molecule has 0 bridgehead atoms. The lowest BCUT2D eigenvalue weighted by molar-refractivity contribution is -0.142. The first-order chi connectivity index (χ1) is 7.62. The second kappa shape index (κ2) is 4.08. The van der Waals surface area contributed by atoms with Crippen LogP contribution in [0.2, 0.25) is 0 Å². The molecule has 1 heterocycles. The van der Waals surface area contributed by atoms with Crippen molar-refractivity contribution in [1.29, 1.82) is 0 Å². The molecule has 0 amide bonds. The van der Waals surface area contributed by atoms with Gasteiger partial charge in [-0.3, -0.25) is 0 Å². The van der Waals surface area contributed by atoms with Crippen molar-refractivity contribution in [2.45, 2.75) is 38.1 Å². The third-order valence-corrected chi connectivity index (χ3v) is 3.00. The lowest BCUT2D eigenvalue weighted by Crippen LogP contribution is -2.44. The van der Waals surface area contributed by atoms with Crippen molar-refractivity contribution in [3.63, 3.8) is 0 Å². The van der Waals surface area contributed by atoms with E-state index in [1.54, 1.807) is 12.4 Å². The van der Waals surface area contributed by atoms with Gasteiger partial charge >= 0.3 is 5.97 Å². The Morgan fingerprint density at radius 3 is 2.44 bits per heavy atom. The van der Waals surface area contributed by atoms with Crippen molar-refractivity contribution < 1.29 is 9.90 Å². The number of carboxylic acids is 1. The Morgan fingerprint density at radius 1 is 1.38 bits per heavy atom. The van der Waals surface area contributed by atoms with Crippen molar-refractivity contribution in [2.75, 3.05) is 5.32 Å². The fraction of sp³-hybridized carbons (Fsp3) is 0.545. The van der Waals surface area contributed by atoms with Crippen molar-refractivity contribution in [1.82, 2.24) is 9.97 Å². The monoisotopic (exact) mass is 221 g/mol. The topological polar surface area (TPSA) is 75.1 Å². The van der Waals surface area contributed by atoms with Crippen LogP contribution in [-0.4, -0.2) is 26.6 Å². The minimum atomic E-state index is -0.866. The molecule has 1 aromatic rings. The zero-order valence-electron chi connectivity index (χ0n) is 9.23. The van der Waals surface area contributed by atoms with Gasteiger partial charge in [-0.05, 0) is 25.3 Å². The van der Waals surface area contributed by atoms with Crippen LogP contribution in [0, 0.1) is 6.92 Å². The summed E-state index contributed by atoms with van der Waals surface area (Å²) in [6, 6.07) is 0. The summed E-state index contributed by atoms with van der Waals surface area (Å²) in [6.45, 7) is 1.90. The van der Waals surface area contributed by atoms with E-state index >= 15 is 0 Å². The average Bonchev–Trinajstić information content (AvgIpc) is 2.71. The predicted octanol–water partition coefficient (Wildman–Crippen LogP) is 1.59. The maximum atomic E-state index is 11.3. The quantitative estimate of drug-likeness (QED) is 0.810. The molecule has 1 fully saturated rings. The van der Waals surface area contributed by atoms with E-state index in [2.05, 4.69) is 15.3 Å². The van der Waals surface area contributed by atoms with E-state index in [-0.39, 0.29) is 0 Å². The van der Waals surface area contributed by atoms with E-state index in [4.69, 9.17) is 0 Å². The molecule has 86 valence electrons. The second-order valence-electron chi connectivity index (χ2n) is 4.30. The van der Waals surface area contributed by atoms with Crippen LogP contribution in [0.4, 0.5) is 5.95 Å². The molecule has 1 aliphatic carbocycles. The SMILES string of the molecule is Cc1cnc(NC2(C(=O)O)CCCC2)nc1. The zero-order valence-corrected chi connectivity index (χ0v) is 9.23. The van der Waals surface area contributed by atoms with Crippen molar-refractivity contribution in [3.05, 3.63) is 18.0 Å². The minimum Gasteiger partial charge on any atom is -0.480 e. The lowest BCUT2D eigenvalue weighted by atomic mass is 9.98. The molecule has 5 heteroatoms. The molecule has 1 aromatic heterocycles. The molecule has 1 aliphatic rings. The Bertz CT molecular complexity index is 383. The van der Waals surface area contributed by atoms with E-state index in [1.807, 2.05) is 6.92 Å². The molecule has 16 heavy (non-hydrogen) atoms. The van der Waals surface area contributed by atoms with Crippen LogP contribution in [0.1, 0.15) is 31.2 Å². The highest BCUT2D eigenvalue weighted by molar-refractivity contribution is 5.82. The number of carboxylic acid groups (broad SMARTS) is 1. The van der Waals surface area contributed by atoms with Crippen molar-refractivity contribution in [3.8, 4) is 0 Å². The summed E-state index contributed by atoms with van der Waals surface area (Å²) in [5.41, 5.74) is 0.0938. The van der Waals surface area contributed by atoms with Crippen molar-refractivity contribution in [2.24, 2.45) is 0 Å². The number of aromatic nitrogens is 2. The van der Waals surface area contributed by atoms with Gasteiger partial charge in [-0.25, -0.2) is 14.8 Å². The van der Waals surface area contributed by atoms with E-state index in [1.165, 1.54) is 0 Å². The van der Waals surface area contributed by atoms with Gasteiger partial charge in [-0.1, -0.05) is 12.8 Å². The molecular weight excluding hydrogens is 206 g/mol. The maximum Gasteiger partial charge on any atom is 0.329 e. The van der Waals surface area contributed by atoms with Gasteiger partial charge in [-0.2, -0.15) is 0 Å². The van der Waals surface area contributed by atoms with Crippen LogP contribution < -0.4 is 5.32 Å². The van der Waals surface area contributed by atoms with E-state index < -0.39 is 11.5 Å². The Labute approximate surface area is 93.9 Å². The fourth-order valence-electron chi connectivity index (χ4n) is 2.04. The number of nitrogens with one attached hydrogen (secondary N) is 1. The lowest BCUT2D eigenvalue weighted by Gasteiger charge is -2.25. The van der Waals surface area contributed by atoms with Crippen LogP contribution in [0.15, 0.2) is 12.4 Å². The summed E-state index contributed by atoms with van der Waals surface area (Å²) >= 11 is 0. The summed E-state index contributed by atoms with van der Waals surface area (Å²) in [6.07, 6.45) is 6.51. The van der Waals surface area contributed by atoms with Gasteiger partial charge in [0.15, 0.2) is 0 Å². The van der Waals surface area contributed by atoms with E-state index in [9.17, 15) is 9.90 Å². The Balaban J connectivity index is 2.18. The normalized spacial score (nSPS) is 18.3. The standard InChI is InChI=1S/C11H15N3O2/c1-8-6-12-10(13-7-8)14-11(9(15)16)4-2-3-5-11/h6-7H,2-5H2,1H3,(H,15,16)(H,12,13,14). The van der Waals surface area contributed by atoms with Crippen LogP contribution >= 0.6 is 0 Å². The number of hydrogen-bond donors (Lipinski definition) is 2. The largest absolute Gasteiger partial charge is 0.480 e. The molecule has 1 saturated carbocycles. The zero-order chi connectivity index (χ0) is 11.6. The summed E-state index contributed by atoms with van der Waals surface area (Å²) < 4.78 is 0. The Kier molecular flexibility index (Phi) is 2.77. The minimum absolute atomic E-state index is 0.398. The number of carbonyl (C=O) groups is 1. The molecule has 0 saturated heterocycles. The third kappa shape index (κ3) is 1.98. The Hall–Kier alpha value is -1.65. The van der Waals surface area contributed by atoms with Crippen LogP contribution in [0.3, 0.4) is 0 Å². The van der Waals surface area contributed by atoms with Crippen LogP contribution in [-0.2, 0) is 4.79 Å². The summed E-state index contributed by atoms with van der Waals surface area (Å²) in [5.74, 6) is -0.413. The van der Waals surface area contributed by atoms with Gasteiger partial charge in [-0.15, -0.1) is 0 Å². The second-order valence-corrected chi connectivity index (χ2v) is 4.30. The highest BCUT2D eigenvalue weighted by atomic mass is 16.4. The molecule has 0 aromatic carbocycles. The molecule has 0 spiro atoms. The number of nitrogens with zero attached hydrogens (tertiary/aromatic N) is 2. The van der Waals surface area contributed by atoms with Gasteiger partial charge in [0, 0.05) is 12.4 Å². The number of aliphatic carboxylic acids is 1. The number of hydrogen-bond acceptors (Lipinski definition) is 4.